The monoisotopic (exact) mass is 316 g/mol. The first-order chi connectivity index (χ1) is 14.3. The van der Waals surface area contributed by atoms with Crippen LogP contribution in [0, 0.1) is 0 Å². The van der Waals surface area contributed by atoms with Gasteiger partial charge in [-0.3, -0.25) is 14.5 Å². The lowest BCUT2D eigenvalue weighted by atomic mass is 10.0. The Balaban J connectivity index is 3.54. The molecule has 0 radical (unpaired) electrons. The molecule has 0 aromatic carbocycles. The molecule has 0 saturated carbocycles. The number of carbonyl (C=O) groups is 3. The normalized spacial score (nSPS) is 37.3. The largest absolute Gasteiger partial charge is 0.480 e. The highest BCUT2D eigenvalue weighted by atomic mass is 16.4. The van der Waals surface area contributed by atoms with Crippen molar-refractivity contribution in [2.75, 3.05) is 19.5 Å². The molecule has 9 heteroatoms. The van der Waals surface area contributed by atoms with Crippen molar-refractivity contribution >= 4 is 17.9 Å². The van der Waals surface area contributed by atoms with Crippen molar-refractivity contribution in [3.05, 3.63) is 0 Å². The van der Waals surface area contributed by atoms with Crippen molar-refractivity contribution in [2.45, 2.75) is 37.3 Å². The molecule has 0 aliphatic carbocycles. The number of aliphatic carboxylic acids is 3. The zero-order valence-corrected chi connectivity index (χ0v) is 10.2. The average Bonchev–Trinajstić information content (AvgIpc) is 2.61. The summed E-state index contributed by atoms with van der Waals surface area (Å²) in [5.74, 6) is -6.77. The molecule has 0 amide bonds. The molecule has 1 aliphatic rings. The number of aliphatic hydroxyl groups excluding tert-OH is 1. The van der Waals surface area contributed by atoms with E-state index >= 15 is 0 Å². The average molecular weight is 316 g/mol. The first kappa shape index (κ1) is 6.59. The molecular weight excluding hydrogens is 284 g/mol. The van der Waals surface area contributed by atoms with Gasteiger partial charge in [0.1, 0.15) is 12.1 Å². The van der Waals surface area contributed by atoms with Gasteiger partial charge >= 0.3 is 17.9 Å². The number of carboxylic acids is 3. The fourth-order valence-corrected chi connectivity index (χ4v) is 0.996. The summed E-state index contributed by atoms with van der Waals surface area (Å²) >= 11 is 0. The van der Waals surface area contributed by atoms with Crippen LogP contribution in [0.25, 0.3) is 0 Å². The van der Waals surface area contributed by atoms with E-state index in [0.29, 0.717) is 0 Å². The van der Waals surface area contributed by atoms with E-state index in [1.807, 2.05) is 0 Å². The lowest BCUT2D eigenvalue weighted by Gasteiger charge is -2.38. The quantitative estimate of drug-likeness (QED) is 0.322. The highest BCUT2D eigenvalue weighted by Crippen LogP contribution is 2.17. The molecule has 9 nitrogen and oxygen atoms in total. The third kappa shape index (κ3) is 5.29. The van der Waals surface area contributed by atoms with Gasteiger partial charge in [-0.05, 0) is 25.6 Å². The van der Waals surface area contributed by atoms with Crippen LogP contribution in [0.3, 0.4) is 0 Å². The summed E-state index contributed by atoms with van der Waals surface area (Å²) in [6.07, 6.45) is -14.2. The summed E-state index contributed by atoms with van der Waals surface area (Å²) in [5, 5.41) is 38.0. The van der Waals surface area contributed by atoms with E-state index in [2.05, 4.69) is 0 Å². The Bertz CT molecular complexity index is 836. The van der Waals surface area contributed by atoms with Gasteiger partial charge in [0.05, 0.1) is 0 Å². The Morgan fingerprint density at radius 3 is 2.48 bits per heavy atom. The van der Waals surface area contributed by atoms with Gasteiger partial charge in [0.25, 0.3) is 0 Å². The van der Waals surface area contributed by atoms with Crippen molar-refractivity contribution < 1.29 is 51.3 Å². The van der Waals surface area contributed by atoms with Crippen LogP contribution in [-0.4, -0.2) is 80.9 Å². The SMILES string of the molecule is [2H]C([2H])(N[C@H](C(=O)O)C([2H])([2H])C([2H])([2H])N1[C@H](C(=O)O)C([2H])([2H])C1([2H])[2H])C([2H])([2H])[C@H](O)C(=O)O. The van der Waals surface area contributed by atoms with Gasteiger partial charge in [0.15, 0.2) is 6.10 Å². The first-order valence-electron chi connectivity index (χ1n) is 11.3. The van der Waals surface area contributed by atoms with Gasteiger partial charge in [0, 0.05) is 29.4 Å². The Hall–Kier alpha value is -1.71. The number of rotatable bonds is 10. The molecule has 1 rings (SSSR count). The van der Waals surface area contributed by atoms with Crippen LogP contribution in [0.5, 0.6) is 0 Å². The molecule has 0 spiro atoms. The van der Waals surface area contributed by atoms with Crippen LogP contribution in [0.4, 0.5) is 0 Å². The number of carboxylic acid groups (broad SMARTS) is 3. The van der Waals surface area contributed by atoms with Crippen molar-refractivity contribution in [2.24, 2.45) is 0 Å². The van der Waals surface area contributed by atoms with E-state index < -0.39 is 79.6 Å². The van der Waals surface area contributed by atoms with Crippen molar-refractivity contribution in [3.63, 3.8) is 0 Å². The summed E-state index contributed by atoms with van der Waals surface area (Å²) in [6, 6.07) is -5.76. The topological polar surface area (TPSA) is 147 Å². The zero-order chi connectivity index (χ0) is 26.7. The predicted octanol–water partition coefficient (Wildman–Crippen LogP) is -1.59. The van der Waals surface area contributed by atoms with Crippen molar-refractivity contribution in [1.29, 1.82) is 0 Å². The lowest BCUT2D eigenvalue weighted by molar-refractivity contribution is -0.148. The van der Waals surface area contributed by atoms with E-state index in [9.17, 15) is 29.7 Å². The molecule has 1 aliphatic heterocycles. The minimum atomic E-state index is -4.01. The van der Waals surface area contributed by atoms with Gasteiger partial charge in [-0.25, -0.2) is 4.79 Å². The minimum absolute atomic E-state index is 0.420. The van der Waals surface area contributed by atoms with Crippen LogP contribution < -0.4 is 5.32 Å². The van der Waals surface area contributed by atoms with Crippen molar-refractivity contribution in [3.8, 4) is 0 Å². The number of hydrogen-bond acceptors (Lipinski definition) is 6. The lowest BCUT2D eigenvalue weighted by Crippen LogP contribution is -2.54. The van der Waals surface area contributed by atoms with Gasteiger partial charge in [-0.15, -0.1) is 0 Å². The second-order valence-electron chi connectivity index (χ2n) is 3.55. The molecule has 120 valence electrons. The molecule has 1 fully saturated rings. The van der Waals surface area contributed by atoms with E-state index in [0.717, 1.165) is 0 Å². The van der Waals surface area contributed by atoms with Gasteiger partial charge in [0.2, 0.25) is 0 Å². The first-order valence-corrected chi connectivity index (χ1v) is 5.27. The summed E-state index contributed by atoms with van der Waals surface area (Å²) in [7, 11) is 0. The van der Waals surface area contributed by atoms with E-state index in [4.69, 9.17) is 21.6 Å². The highest BCUT2D eigenvalue weighted by Gasteiger charge is 2.34. The molecule has 5 N–H and O–H groups in total. The summed E-state index contributed by atoms with van der Waals surface area (Å²) in [5.41, 5.74) is 0. The molecule has 0 aromatic heterocycles. The molecule has 0 unspecified atom stereocenters. The smallest absolute Gasteiger partial charge is 0.332 e. The van der Waals surface area contributed by atoms with Crippen molar-refractivity contribution in [1.82, 2.24) is 10.2 Å². The minimum Gasteiger partial charge on any atom is -0.480 e. The molecule has 1 saturated heterocycles. The molecular formula is C12H20N2O7. The van der Waals surface area contributed by atoms with E-state index in [-0.39, 0.29) is 0 Å². The van der Waals surface area contributed by atoms with Gasteiger partial charge in [-0.2, -0.15) is 0 Å². The Kier molecular flexibility index (Phi) is 2.48. The molecule has 0 aromatic rings. The van der Waals surface area contributed by atoms with Crippen LogP contribution in [0.1, 0.15) is 35.6 Å². The molecule has 3 atom stereocenters. The third-order valence-corrected chi connectivity index (χ3v) is 2.05. The Morgan fingerprint density at radius 1 is 1.29 bits per heavy atom. The van der Waals surface area contributed by atoms with Gasteiger partial charge < -0.3 is 25.7 Å². The van der Waals surface area contributed by atoms with Crippen LogP contribution in [0.2, 0.25) is 0 Å². The Labute approximate surface area is 138 Å². The van der Waals surface area contributed by atoms with E-state index in [1.165, 1.54) is 5.32 Å². The zero-order valence-electron chi connectivity index (χ0n) is 22.2. The second kappa shape index (κ2) is 7.91. The Morgan fingerprint density at radius 2 is 1.95 bits per heavy atom. The maximum absolute atomic E-state index is 11.7. The third-order valence-electron chi connectivity index (χ3n) is 2.05. The number of aliphatic hydroxyl groups is 1. The second-order valence-corrected chi connectivity index (χ2v) is 3.55. The fourth-order valence-electron chi connectivity index (χ4n) is 0.996. The molecule has 0 bridgehead atoms. The molecule has 21 heavy (non-hydrogen) atoms. The standard InChI is InChI=1S/C12H20N2O7/c15-9(12(20)21)1-4-13-7(10(16)17)2-5-14-6-3-8(14)11(18)19/h7-9,13,15H,1-6H2,(H,16,17)(H,18,19)(H,20,21)/t7-,8-,9-/m0/s1/i1D2,2D2,3D2,4D2,5D2,6D2. The van der Waals surface area contributed by atoms with Crippen LogP contribution in [-0.2, 0) is 14.4 Å². The van der Waals surface area contributed by atoms with Crippen LogP contribution >= 0.6 is 0 Å². The fraction of sp³-hybridized carbons (Fsp3) is 0.750. The summed E-state index contributed by atoms with van der Waals surface area (Å²) in [4.78, 5) is 33.5. The number of nitrogens with one attached hydrogen (secondary N) is 1. The summed E-state index contributed by atoms with van der Waals surface area (Å²) in [6.45, 7) is -11.3. The molecule has 1 heterocycles. The number of hydrogen-bond donors (Lipinski definition) is 5. The number of likely N-dealkylation sites (tertiary alicyclic amines) is 1. The predicted molar refractivity (Wildman–Crippen MR) is 69.9 cm³/mol. The number of nitrogens with zero attached hydrogens (tertiary/aromatic N) is 1. The highest BCUT2D eigenvalue weighted by molar-refractivity contribution is 5.75. The van der Waals surface area contributed by atoms with Crippen LogP contribution in [0.15, 0.2) is 0 Å². The maximum atomic E-state index is 11.7. The maximum Gasteiger partial charge on any atom is 0.332 e. The summed E-state index contributed by atoms with van der Waals surface area (Å²) < 4.78 is 92.5. The van der Waals surface area contributed by atoms with Gasteiger partial charge in [-0.1, -0.05) is 0 Å². The van der Waals surface area contributed by atoms with E-state index in [1.54, 1.807) is 0 Å².